The molecule has 0 aliphatic carbocycles. The summed E-state index contributed by atoms with van der Waals surface area (Å²) >= 11 is 0. The fraction of sp³-hybridized carbons (Fsp3) is 0.533. The second-order valence-electron chi connectivity index (χ2n) is 5.35. The van der Waals surface area contributed by atoms with Gasteiger partial charge in [-0.05, 0) is 29.3 Å². The Kier molecular flexibility index (Phi) is 4.85. The molecular weight excluding hydrogens is 282 g/mol. The van der Waals surface area contributed by atoms with E-state index < -0.39 is 0 Å². The predicted octanol–water partition coefficient (Wildman–Crippen LogP) is 1.36. The van der Waals surface area contributed by atoms with Crippen LogP contribution in [0.15, 0.2) is 24.5 Å². The van der Waals surface area contributed by atoms with Crippen LogP contribution in [0.4, 0.5) is 0 Å². The van der Waals surface area contributed by atoms with Crippen LogP contribution in [0.25, 0.3) is 0 Å². The highest BCUT2D eigenvalue weighted by Gasteiger charge is 2.16. The third kappa shape index (κ3) is 3.54. The molecule has 0 bridgehead atoms. The summed E-state index contributed by atoms with van der Waals surface area (Å²) in [6.07, 6.45) is 3.69. The predicted molar refractivity (Wildman–Crippen MR) is 80.8 cm³/mol. The molecule has 0 fully saturated rings. The molecule has 0 N–H and O–H groups in total. The first-order valence-electron chi connectivity index (χ1n) is 7.58. The summed E-state index contributed by atoms with van der Waals surface area (Å²) in [5, 5.41) is 11.2. The lowest BCUT2D eigenvalue weighted by molar-refractivity contribution is 0.196. The fourth-order valence-corrected chi connectivity index (χ4v) is 2.72. The van der Waals surface area contributed by atoms with Gasteiger partial charge in [-0.15, -0.1) is 5.10 Å². The molecule has 0 radical (unpaired) electrons. The van der Waals surface area contributed by atoms with Gasteiger partial charge in [0, 0.05) is 31.7 Å². The summed E-state index contributed by atoms with van der Waals surface area (Å²) < 4.78 is 13.1. The van der Waals surface area contributed by atoms with Crippen LogP contribution < -0.4 is 9.47 Å². The minimum absolute atomic E-state index is 0.719. The van der Waals surface area contributed by atoms with E-state index in [1.54, 1.807) is 18.1 Å². The van der Waals surface area contributed by atoms with Crippen LogP contribution in [0.1, 0.15) is 18.4 Å². The van der Waals surface area contributed by atoms with E-state index in [0.29, 0.717) is 0 Å². The van der Waals surface area contributed by atoms with Crippen molar-refractivity contribution in [1.82, 2.24) is 25.1 Å². The van der Waals surface area contributed by atoms with Crippen molar-refractivity contribution in [1.29, 1.82) is 0 Å². The quantitative estimate of drug-likeness (QED) is 0.831. The Morgan fingerprint density at radius 1 is 1.32 bits per heavy atom. The molecule has 0 spiro atoms. The molecular formula is C15H21N5O2. The van der Waals surface area contributed by atoms with Gasteiger partial charge in [-0.2, -0.15) is 0 Å². The Labute approximate surface area is 129 Å². The molecule has 0 saturated carbocycles. The molecule has 1 aromatic carbocycles. The van der Waals surface area contributed by atoms with Crippen LogP contribution in [0.3, 0.4) is 0 Å². The van der Waals surface area contributed by atoms with Gasteiger partial charge >= 0.3 is 0 Å². The van der Waals surface area contributed by atoms with Crippen molar-refractivity contribution in [3.63, 3.8) is 0 Å². The van der Waals surface area contributed by atoms with Crippen LogP contribution >= 0.6 is 0 Å². The second-order valence-corrected chi connectivity index (χ2v) is 5.35. The molecule has 2 heterocycles. The van der Waals surface area contributed by atoms with Crippen molar-refractivity contribution in [3.05, 3.63) is 30.1 Å². The zero-order chi connectivity index (χ0) is 15.2. The van der Waals surface area contributed by atoms with Crippen molar-refractivity contribution >= 4 is 0 Å². The number of fused-ring (bicyclic) bond motifs is 1. The van der Waals surface area contributed by atoms with E-state index in [1.807, 2.05) is 12.1 Å². The summed E-state index contributed by atoms with van der Waals surface area (Å²) in [5.41, 5.74) is 1.18. The van der Waals surface area contributed by atoms with Gasteiger partial charge < -0.3 is 9.47 Å². The lowest BCUT2D eigenvalue weighted by atomic mass is 10.1. The zero-order valence-corrected chi connectivity index (χ0v) is 12.8. The molecule has 1 aliphatic rings. The molecule has 0 saturated heterocycles. The van der Waals surface area contributed by atoms with Gasteiger partial charge in [0.1, 0.15) is 6.33 Å². The third-order valence-corrected chi connectivity index (χ3v) is 3.79. The average molecular weight is 303 g/mol. The Hall–Kier alpha value is -2.15. The molecule has 0 unspecified atom stereocenters. The maximum Gasteiger partial charge on any atom is 0.165 e. The molecule has 118 valence electrons. The summed E-state index contributed by atoms with van der Waals surface area (Å²) in [7, 11) is 1.68. The van der Waals surface area contributed by atoms with E-state index in [1.165, 1.54) is 5.56 Å². The number of tetrazole rings is 1. The molecule has 0 atom stereocenters. The van der Waals surface area contributed by atoms with Crippen molar-refractivity contribution in [3.8, 4) is 11.5 Å². The van der Waals surface area contributed by atoms with Gasteiger partial charge in [-0.25, -0.2) is 4.68 Å². The monoisotopic (exact) mass is 303 g/mol. The molecule has 0 amide bonds. The Morgan fingerprint density at radius 2 is 2.27 bits per heavy atom. The van der Waals surface area contributed by atoms with Crippen LogP contribution in [-0.2, 0) is 13.1 Å². The number of nitrogens with zero attached hydrogens (tertiary/aromatic N) is 5. The highest BCUT2D eigenvalue weighted by atomic mass is 16.5. The lowest BCUT2D eigenvalue weighted by Crippen LogP contribution is -2.29. The molecule has 1 aromatic heterocycles. The van der Waals surface area contributed by atoms with Gasteiger partial charge in [-0.3, -0.25) is 4.90 Å². The van der Waals surface area contributed by atoms with E-state index >= 15 is 0 Å². The molecule has 1 aliphatic heterocycles. The molecule has 7 heteroatoms. The maximum absolute atomic E-state index is 5.88. The first-order valence-corrected chi connectivity index (χ1v) is 7.58. The smallest absolute Gasteiger partial charge is 0.165 e. The number of methoxy groups -OCH3 is 1. The van der Waals surface area contributed by atoms with Crippen LogP contribution in [0.2, 0.25) is 0 Å². The van der Waals surface area contributed by atoms with Crippen LogP contribution in [-0.4, -0.2) is 51.9 Å². The highest BCUT2D eigenvalue weighted by Crippen LogP contribution is 2.33. The number of aryl methyl sites for hydroxylation is 1. The molecule has 22 heavy (non-hydrogen) atoms. The van der Waals surface area contributed by atoms with E-state index in [4.69, 9.17) is 9.47 Å². The number of benzene rings is 1. The van der Waals surface area contributed by atoms with E-state index in [-0.39, 0.29) is 0 Å². The summed E-state index contributed by atoms with van der Waals surface area (Å²) in [6, 6.07) is 6.07. The first kappa shape index (κ1) is 14.8. The van der Waals surface area contributed by atoms with Crippen molar-refractivity contribution in [2.24, 2.45) is 0 Å². The second kappa shape index (κ2) is 7.22. The zero-order valence-electron chi connectivity index (χ0n) is 12.8. The number of hydrogen-bond donors (Lipinski definition) is 0. The Morgan fingerprint density at radius 3 is 3.09 bits per heavy atom. The van der Waals surface area contributed by atoms with E-state index in [9.17, 15) is 0 Å². The number of rotatable bonds is 5. The third-order valence-electron chi connectivity index (χ3n) is 3.79. The Balaban J connectivity index is 1.63. The highest BCUT2D eigenvalue weighted by molar-refractivity contribution is 5.46. The average Bonchev–Trinajstić information content (AvgIpc) is 3.02. The summed E-state index contributed by atoms with van der Waals surface area (Å²) in [6.45, 7) is 4.48. The first-order chi connectivity index (χ1) is 10.9. The Bertz CT molecular complexity index is 588. The number of aromatic nitrogens is 4. The normalized spacial score (nSPS) is 15.5. The van der Waals surface area contributed by atoms with Gasteiger partial charge in [0.2, 0.25) is 0 Å². The van der Waals surface area contributed by atoms with Gasteiger partial charge in [-0.1, -0.05) is 12.1 Å². The molecule has 3 rings (SSSR count). The van der Waals surface area contributed by atoms with E-state index in [0.717, 1.165) is 57.1 Å². The molecule has 7 nitrogen and oxygen atoms in total. The summed E-state index contributed by atoms with van der Waals surface area (Å²) in [5.74, 6) is 1.70. The standard InChI is InChI=1S/C15H21N5O2/c1-21-14-6-2-5-13-11-19(8-4-10-22-15(13)14)7-3-9-20-12-16-17-18-20/h2,5-6,12H,3-4,7-11H2,1H3. The van der Waals surface area contributed by atoms with Crippen molar-refractivity contribution in [2.45, 2.75) is 25.9 Å². The van der Waals surface area contributed by atoms with Crippen molar-refractivity contribution in [2.75, 3.05) is 26.8 Å². The van der Waals surface area contributed by atoms with Gasteiger partial charge in [0.25, 0.3) is 0 Å². The molecule has 2 aromatic rings. The van der Waals surface area contributed by atoms with Crippen LogP contribution in [0.5, 0.6) is 11.5 Å². The van der Waals surface area contributed by atoms with Crippen LogP contribution in [0, 0.1) is 0 Å². The minimum Gasteiger partial charge on any atom is -0.493 e. The fourth-order valence-electron chi connectivity index (χ4n) is 2.72. The lowest BCUT2D eigenvalue weighted by Gasteiger charge is -2.27. The minimum atomic E-state index is 0.719. The largest absolute Gasteiger partial charge is 0.493 e. The summed E-state index contributed by atoms with van der Waals surface area (Å²) in [4.78, 5) is 2.45. The number of hydrogen-bond acceptors (Lipinski definition) is 6. The van der Waals surface area contributed by atoms with E-state index in [2.05, 4.69) is 26.5 Å². The van der Waals surface area contributed by atoms with Gasteiger partial charge in [0.05, 0.1) is 13.7 Å². The van der Waals surface area contributed by atoms with Crippen molar-refractivity contribution < 1.29 is 9.47 Å². The van der Waals surface area contributed by atoms with Gasteiger partial charge in [0.15, 0.2) is 11.5 Å². The SMILES string of the molecule is COc1cccc2c1OCCCN(CCCn1cnnn1)C2. The topological polar surface area (TPSA) is 65.3 Å². The maximum atomic E-state index is 5.88. The number of ether oxygens (including phenoxy) is 2. The number of para-hydroxylation sites is 1.